The second kappa shape index (κ2) is 8.49. The number of benzene rings is 1. The number of furan rings is 1. The number of hydrogen-bond donors (Lipinski definition) is 2. The maximum absolute atomic E-state index is 12.6. The van der Waals surface area contributed by atoms with E-state index >= 15 is 0 Å². The molecule has 136 valence electrons. The number of nitrogens with one attached hydrogen (secondary N) is 2. The van der Waals surface area contributed by atoms with Crippen LogP contribution in [0.2, 0.25) is 0 Å². The largest absolute Gasteiger partial charge is 0.462 e. The second-order valence-corrected chi connectivity index (χ2v) is 6.17. The summed E-state index contributed by atoms with van der Waals surface area (Å²) >= 11 is 0. The highest BCUT2D eigenvalue weighted by Crippen LogP contribution is 2.13. The van der Waals surface area contributed by atoms with Gasteiger partial charge in [-0.25, -0.2) is 0 Å². The molecule has 26 heavy (non-hydrogen) atoms. The van der Waals surface area contributed by atoms with Gasteiger partial charge in [-0.15, -0.1) is 0 Å². The first-order valence-electron chi connectivity index (χ1n) is 8.66. The van der Waals surface area contributed by atoms with E-state index in [-0.39, 0.29) is 23.6 Å². The summed E-state index contributed by atoms with van der Waals surface area (Å²) in [6, 6.07) is 12.3. The fraction of sp³-hybridized carbons (Fsp3) is 0.300. The lowest BCUT2D eigenvalue weighted by atomic mass is 10.2. The average Bonchev–Trinajstić information content (AvgIpc) is 3.31. The van der Waals surface area contributed by atoms with Crippen molar-refractivity contribution in [2.75, 3.05) is 13.2 Å². The van der Waals surface area contributed by atoms with Crippen molar-refractivity contribution in [2.24, 2.45) is 0 Å². The molecule has 1 aliphatic rings. The SMILES string of the molecule is Cc1ccc(/C=C(/NC(=O)c2ccccc2)C(=O)NCC2CCCO2)o1. The van der Waals surface area contributed by atoms with Gasteiger partial charge in [0.25, 0.3) is 11.8 Å². The monoisotopic (exact) mass is 354 g/mol. The standard InChI is InChI=1S/C20H22N2O4/c1-14-9-10-16(26-14)12-18(20(24)21-13-17-8-5-11-25-17)22-19(23)15-6-3-2-4-7-15/h2-4,6-7,9-10,12,17H,5,8,11,13H2,1H3,(H,21,24)(H,22,23)/b18-12+. The van der Waals surface area contributed by atoms with Gasteiger partial charge in [0.15, 0.2) is 0 Å². The van der Waals surface area contributed by atoms with Crippen LogP contribution in [0.25, 0.3) is 6.08 Å². The Labute approximate surface area is 152 Å². The smallest absolute Gasteiger partial charge is 0.268 e. The molecule has 3 rings (SSSR count). The molecule has 2 heterocycles. The van der Waals surface area contributed by atoms with Gasteiger partial charge in [-0.3, -0.25) is 9.59 Å². The van der Waals surface area contributed by atoms with E-state index in [4.69, 9.17) is 9.15 Å². The predicted molar refractivity (Wildman–Crippen MR) is 97.3 cm³/mol. The zero-order valence-electron chi connectivity index (χ0n) is 14.7. The number of amides is 2. The lowest BCUT2D eigenvalue weighted by Crippen LogP contribution is -2.38. The fourth-order valence-corrected chi connectivity index (χ4v) is 2.72. The van der Waals surface area contributed by atoms with Gasteiger partial charge in [0.2, 0.25) is 0 Å². The van der Waals surface area contributed by atoms with Crippen molar-refractivity contribution in [1.29, 1.82) is 0 Å². The Morgan fingerprint density at radius 3 is 2.65 bits per heavy atom. The van der Waals surface area contributed by atoms with Crippen LogP contribution in [0, 0.1) is 6.92 Å². The molecule has 0 spiro atoms. The molecular formula is C20H22N2O4. The second-order valence-electron chi connectivity index (χ2n) is 6.17. The van der Waals surface area contributed by atoms with Crippen LogP contribution in [0.3, 0.4) is 0 Å². The molecule has 1 aromatic heterocycles. The van der Waals surface area contributed by atoms with Crippen LogP contribution in [0.1, 0.15) is 34.7 Å². The lowest BCUT2D eigenvalue weighted by Gasteiger charge is -2.13. The van der Waals surface area contributed by atoms with Crippen LogP contribution in [-0.4, -0.2) is 31.1 Å². The van der Waals surface area contributed by atoms with E-state index < -0.39 is 0 Å². The minimum atomic E-state index is -0.376. The predicted octanol–water partition coefficient (Wildman–Crippen LogP) is 2.65. The topological polar surface area (TPSA) is 80.6 Å². The van der Waals surface area contributed by atoms with Crippen LogP contribution in [0.4, 0.5) is 0 Å². The van der Waals surface area contributed by atoms with E-state index in [1.54, 1.807) is 36.4 Å². The molecule has 6 heteroatoms. The Balaban J connectivity index is 1.73. The van der Waals surface area contributed by atoms with Crippen molar-refractivity contribution in [3.05, 3.63) is 65.2 Å². The minimum Gasteiger partial charge on any atom is -0.462 e. The Morgan fingerprint density at radius 1 is 1.19 bits per heavy atom. The molecule has 0 bridgehead atoms. The fourth-order valence-electron chi connectivity index (χ4n) is 2.72. The van der Waals surface area contributed by atoms with Crippen molar-refractivity contribution in [1.82, 2.24) is 10.6 Å². The maximum atomic E-state index is 12.6. The first-order valence-corrected chi connectivity index (χ1v) is 8.66. The van der Waals surface area contributed by atoms with E-state index in [1.807, 2.05) is 13.0 Å². The minimum absolute atomic E-state index is 0.0240. The number of ether oxygens (including phenoxy) is 1. The molecule has 0 aliphatic carbocycles. The first kappa shape index (κ1) is 17.9. The summed E-state index contributed by atoms with van der Waals surface area (Å²) in [6.45, 7) is 2.95. The average molecular weight is 354 g/mol. The van der Waals surface area contributed by atoms with Gasteiger partial charge in [-0.2, -0.15) is 0 Å². The third kappa shape index (κ3) is 4.83. The van der Waals surface area contributed by atoms with E-state index in [0.717, 1.165) is 25.2 Å². The molecule has 1 atom stereocenters. The van der Waals surface area contributed by atoms with Crippen LogP contribution < -0.4 is 10.6 Å². The van der Waals surface area contributed by atoms with Crippen molar-refractivity contribution in [2.45, 2.75) is 25.9 Å². The van der Waals surface area contributed by atoms with Crippen molar-refractivity contribution in [3.63, 3.8) is 0 Å². The molecule has 1 aromatic carbocycles. The van der Waals surface area contributed by atoms with Crippen LogP contribution in [0.5, 0.6) is 0 Å². The summed E-state index contributed by atoms with van der Waals surface area (Å²) in [7, 11) is 0. The van der Waals surface area contributed by atoms with Gasteiger partial charge < -0.3 is 19.8 Å². The van der Waals surface area contributed by atoms with Crippen molar-refractivity contribution < 1.29 is 18.7 Å². The van der Waals surface area contributed by atoms with Crippen molar-refractivity contribution in [3.8, 4) is 0 Å². The summed E-state index contributed by atoms with van der Waals surface area (Å²) < 4.78 is 11.0. The highest BCUT2D eigenvalue weighted by Gasteiger charge is 2.19. The molecule has 1 saturated heterocycles. The van der Waals surface area contributed by atoms with Crippen LogP contribution >= 0.6 is 0 Å². The Kier molecular flexibility index (Phi) is 5.86. The van der Waals surface area contributed by atoms with Crippen LogP contribution in [0.15, 0.2) is 52.6 Å². The molecular weight excluding hydrogens is 332 g/mol. The molecule has 1 aliphatic heterocycles. The summed E-state index contributed by atoms with van der Waals surface area (Å²) in [5, 5.41) is 5.50. The number of rotatable bonds is 6. The van der Waals surface area contributed by atoms with Gasteiger partial charge in [0.05, 0.1) is 6.10 Å². The molecule has 1 fully saturated rings. The van der Waals surface area contributed by atoms with Crippen molar-refractivity contribution >= 4 is 17.9 Å². The van der Waals surface area contributed by atoms with E-state index in [9.17, 15) is 9.59 Å². The lowest BCUT2D eigenvalue weighted by molar-refractivity contribution is -0.118. The molecule has 0 saturated carbocycles. The molecule has 2 aromatic rings. The van der Waals surface area contributed by atoms with Gasteiger partial charge in [0.1, 0.15) is 17.2 Å². The molecule has 1 unspecified atom stereocenters. The van der Waals surface area contributed by atoms with E-state index in [0.29, 0.717) is 17.9 Å². The highest BCUT2D eigenvalue weighted by molar-refractivity contribution is 6.05. The molecule has 6 nitrogen and oxygen atoms in total. The quantitative estimate of drug-likeness (QED) is 0.782. The van der Waals surface area contributed by atoms with E-state index in [2.05, 4.69) is 10.6 Å². The summed E-state index contributed by atoms with van der Waals surface area (Å²) in [5.74, 6) is 0.495. The summed E-state index contributed by atoms with van der Waals surface area (Å²) in [4.78, 5) is 25.0. The summed E-state index contributed by atoms with van der Waals surface area (Å²) in [5.41, 5.74) is 0.604. The van der Waals surface area contributed by atoms with Gasteiger partial charge >= 0.3 is 0 Å². The van der Waals surface area contributed by atoms with Gasteiger partial charge in [-0.1, -0.05) is 18.2 Å². The van der Waals surface area contributed by atoms with E-state index in [1.165, 1.54) is 6.08 Å². The molecule has 0 radical (unpaired) electrons. The first-order chi connectivity index (χ1) is 12.6. The Morgan fingerprint density at radius 2 is 2.00 bits per heavy atom. The third-order valence-electron chi connectivity index (χ3n) is 4.09. The molecule has 2 amide bonds. The van der Waals surface area contributed by atoms with Gasteiger partial charge in [0, 0.05) is 24.8 Å². The zero-order valence-corrected chi connectivity index (χ0v) is 14.7. The zero-order chi connectivity index (χ0) is 18.4. The van der Waals surface area contributed by atoms with Gasteiger partial charge in [-0.05, 0) is 44.0 Å². The number of aryl methyl sites for hydroxylation is 1. The Bertz CT molecular complexity index is 789. The number of carbonyl (C=O) groups excluding carboxylic acids is 2. The number of hydrogen-bond acceptors (Lipinski definition) is 4. The third-order valence-corrected chi connectivity index (χ3v) is 4.09. The number of carbonyl (C=O) groups is 2. The highest BCUT2D eigenvalue weighted by atomic mass is 16.5. The Hall–Kier alpha value is -2.86. The molecule has 2 N–H and O–H groups in total. The maximum Gasteiger partial charge on any atom is 0.268 e. The normalized spacial score (nSPS) is 17.1. The van der Waals surface area contributed by atoms with Crippen LogP contribution in [-0.2, 0) is 9.53 Å². The summed E-state index contributed by atoms with van der Waals surface area (Å²) in [6.07, 6.45) is 3.47.